The Morgan fingerprint density at radius 2 is 1.80 bits per heavy atom. The molecule has 1 aromatic rings. The number of urea groups is 1. The monoisotopic (exact) mass is 287 g/mol. The first kappa shape index (κ1) is 14.6. The highest BCUT2D eigenvalue weighted by atomic mass is 19.4. The van der Waals surface area contributed by atoms with Crippen LogP contribution in [0.4, 0.5) is 18.0 Å². The first-order valence-electron chi connectivity index (χ1n) is 6.36. The first-order valence-corrected chi connectivity index (χ1v) is 6.36. The molecule has 1 saturated heterocycles. The summed E-state index contributed by atoms with van der Waals surface area (Å²) in [6.45, 7) is 3.01. The van der Waals surface area contributed by atoms with Crippen LogP contribution in [0.3, 0.4) is 0 Å². The zero-order valence-corrected chi connectivity index (χ0v) is 10.8. The van der Waals surface area contributed by atoms with Gasteiger partial charge in [-0.2, -0.15) is 13.2 Å². The molecule has 0 aromatic heterocycles. The van der Waals surface area contributed by atoms with E-state index in [-0.39, 0.29) is 12.6 Å². The zero-order valence-electron chi connectivity index (χ0n) is 10.8. The van der Waals surface area contributed by atoms with E-state index in [0.29, 0.717) is 18.7 Å². The summed E-state index contributed by atoms with van der Waals surface area (Å²) in [6, 6.07) is 4.60. The van der Waals surface area contributed by atoms with Crippen molar-refractivity contribution in [2.45, 2.75) is 12.7 Å². The van der Waals surface area contributed by atoms with Gasteiger partial charge in [0.25, 0.3) is 0 Å². The molecule has 0 unspecified atom stereocenters. The zero-order chi connectivity index (χ0) is 14.6. The molecular weight excluding hydrogens is 271 g/mol. The number of halogens is 3. The topological polar surface area (TPSA) is 44.4 Å². The summed E-state index contributed by atoms with van der Waals surface area (Å²) in [4.78, 5) is 13.5. The van der Waals surface area contributed by atoms with Gasteiger partial charge in [-0.3, -0.25) is 0 Å². The predicted molar refractivity (Wildman–Crippen MR) is 68.1 cm³/mol. The number of amides is 2. The van der Waals surface area contributed by atoms with Gasteiger partial charge in [-0.15, -0.1) is 0 Å². The molecule has 0 bridgehead atoms. The lowest BCUT2D eigenvalue weighted by Crippen LogP contribution is -2.50. The number of hydrogen-bond donors (Lipinski definition) is 2. The Labute approximate surface area is 114 Å². The van der Waals surface area contributed by atoms with Crippen LogP contribution in [-0.4, -0.2) is 37.1 Å². The predicted octanol–water partition coefficient (Wildman–Crippen LogP) is 1.82. The molecule has 0 spiro atoms. The highest BCUT2D eigenvalue weighted by molar-refractivity contribution is 5.74. The minimum atomic E-state index is -4.33. The van der Waals surface area contributed by atoms with E-state index in [2.05, 4.69) is 10.6 Å². The summed E-state index contributed by atoms with van der Waals surface area (Å²) in [5, 5.41) is 5.84. The SMILES string of the molecule is O=C(NCc1ccc(C(F)(F)F)cc1)N1CCNCC1. The second-order valence-electron chi connectivity index (χ2n) is 4.59. The molecule has 0 radical (unpaired) electrons. The van der Waals surface area contributed by atoms with Crippen molar-refractivity contribution in [3.05, 3.63) is 35.4 Å². The minimum Gasteiger partial charge on any atom is -0.334 e. The number of nitrogens with zero attached hydrogens (tertiary/aromatic N) is 1. The van der Waals surface area contributed by atoms with Gasteiger partial charge in [0, 0.05) is 32.7 Å². The molecule has 7 heteroatoms. The third-order valence-corrected chi connectivity index (χ3v) is 3.13. The van der Waals surface area contributed by atoms with Crippen LogP contribution in [0.25, 0.3) is 0 Å². The normalized spacial score (nSPS) is 16.1. The molecule has 20 heavy (non-hydrogen) atoms. The fourth-order valence-electron chi connectivity index (χ4n) is 1.97. The van der Waals surface area contributed by atoms with E-state index in [9.17, 15) is 18.0 Å². The van der Waals surface area contributed by atoms with Crippen molar-refractivity contribution in [3.8, 4) is 0 Å². The van der Waals surface area contributed by atoms with Crippen molar-refractivity contribution in [1.82, 2.24) is 15.5 Å². The number of hydrogen-bond acceptors (Lipinski definition) is 2. The van der Waals surface area contributed by atoms with Gasteiger partial charge in [0.1, 0.15) is 0 Å². The number of carbonyl (C=O) groups excluding carboxylic acids is 1. The largest absolute Gasteiger partial charge is 0.416 e. The standard InChI is InChI=1S/C13H16F3N3O/c14-13(15,16)11-3-1-10(2-4-11)9-18-12(20)19-7-5-17-6-8-19/h1-4,17H,5-9H2,(H,18,20). The van der Waals surface area contributed by atoms with Crippen LogP contribution in [0.15, 0.2) is 24.3 Å². The Hall–Kier alpha value is -1.76. The Balaban J connectivity index is 1.86. The Kier molecular flexibility index (Phi) is 4.49. The summed E-state index contributed by atoms with van der Waals surface area (Å²) in [5.74, 6) is 0. The molecule has 1 fully saturated rings. The summed E-state index contributed by atoms with van der Waals surface area (Å²) in [7, 11) is 0. The molecule has 2 amide bonds. The highest BCUT2D eigenvalue weighted by Gasteiger charge is 2.29. The lowest BCUT2D eigenvalue weighted by Gasteiger charge is -2.27. The average molecular weight is 287 g/mol. The number of nitrogens with one attached hydrogen (secondary N) is 2. The molecule has 0 saturated carbocycles. The molecular formula is C13H16F3N3O. The van der Waals surface area contributed by atoms with Gasteiger partial charge in [0.2, 0.25) is 0 Å². The number of carbonyl (C=O) groups is 1. The Morgan fingerprint density at radius 1 is 1.20 bits per heavy atom. The van der Waals surface area contributed by atoms with Crippen LogP contribution >= 0.6 is 0 Å². The van der Waals surface area contributed by atoms with Crippen LogP contribution < -0.4 is 10.6 Å². The molecule has 1 heterocycles. The molecule has 2 N–H and O–H groups in total. The van der Waals surface area contributed by atoms with E-state index >= 15 is 0 Å². The van der Waals surface area contributed by atoms with Crippen molar-refractivity contribution in [2.24, 2.45) is 0 Å². The van der Waals surface area contributed by atoms with Crippen molar-refractivity contribution < 1.29 is 18.0 Å². The maximum atomic E-state index is 12.4. The van der Waals surface area contributed by atoms with Crippen LogP contribution in [0, 0.1) is 0 Å². The quantitative estimate of drug-likeness (QED) is 0.871. The van der Waals surface area contributed by atoms with E-state index in [0.717, 1.165) is 25.2 Å². The summed E-state index contributed by atoms with van der Waals surface area (Å²) in [6.07, 6.45) is -4.33. The first-order chi connectivity index (χ1) is 9.47. The van der Waals surface area contributed by atoms with Crippen LogP contribution in [-0.2, 0) is 12.7 Å². The van der Waals surface area contributed by atoms with E-state index in [4.69, 9.17) is 0 Å². The maximum Gasteiger partial charge on any atom is 0.416 e. The van der Waals surface area contributed by atoms with Crippen molar-refractivity contribution in [2.75, 3.05) is 26.2 Å². The third-order valence-electron chi connectivity index (χ3n) is 3.13. The fraction of sp³-hybridized carbons (Fsp3) is 0.462. The van der Waals surface area contributed by atoms with Crippen molar-refractivity contribution >= 4 is 6.03 Å². The van der Waals surface area contributed by atoms with Gasteiger partial charge in [0.05, 0.1) is 5.56 Å². The summed E-state index contributed by atoms with van der Waals surface area (Å²) in [5.41, 5.74) is -0.0452. The lowest BCUT2D eigenvalue weighted by molar-refractivity contribution is -0.137. The van der Waals surface area contributed by atoms with E-state index < -0.39 is 11.7 Å². The van der Waals surface area contributed by atoms with E-state index in [1.165, 1.54) is 12.1 Å². The highest BCUT2D eigenvalue weighted by Crippen LogP contribution is 2.28. The molecule has 1 aliphatic heterocycles. The molecule has 110 valence electrons. The van der Waals surface area contributed by atoms with Crippen LogP contribution in [0.1, 0.15) is 11.1 Å². The van der Waals surface area contributed by atoms with Gasteiger partial charge in [-0.1, -0.05) is 12.1 Å². The van der Waals surface area contributed by atoms with Crippen LogP contribution in [0.2, 0.25) is 0 Å². The van der Waals surface area contributed by atoms with Crippen molar-refractivity contribution in [3.63, 3.8) is 0 Å². The number of alkyl halides is 3. The minimum absolute atomic E-state index is 0.189. The number of benzene rings is 1. The number of piperazine rings is 1. The van der Waals surface area contributed by atoms with E-state index in [1.807, 2.05) is 0 Å². The molecule has 1 aromatic carbocycles. The van der Waals surface area contributed by atoms with Crippen molar-refractivity contribution in [1.29, 1.82) is 0 Å². The molecule has 1 aliphatic rings. The maximum absolute atomic E-state index is 12.4. The summed E-state index contributed by atoms with van der Waals surface area (Å²) < 4.78 is 37.2. The average Bonchev–Trinajstić information content (AvgIpc) is 2.45. The molecule has 4 nitrogen and oxygen atoms in total. The van der Waals surface area contributed by atoms with Gasteiger partial charge in [-0.25, -0.2) is 4.79 Å². The van der Waals surface area contributed by atoms with Crippen LogP contribution in [0.5, 0.6) is 0 Å². The van der Waals surface area contributed by atoms with E-state index in [1.54, 1.807) is 4.90 Å². The van der Waals surface area contributed by atoms with Gasteiger partial charge < -0.3 is 15.5 Å². The molecule has 0 atom stereocenters. The van der Waals surface area contributed by atoms with Gasteiger partial charge >= 0.3 is 12.2 Å². The second-order valence-corrected chi connectivity index (χ2v) is 4.59. The summed E-state index contributed by atoms with van der Waals surface area (Å²) >= 11 is 0. The lowest BCUT2D eigenvalue weighted by atomic mass is 10.1. The smallest absolute Gasteiger partial charge is 0.334 e. The second kappa shape index (κ2) is 6.13. The number of rotatable bonds is 2. The van der Waals surface area contributed by atoms with Gasteiger partial charge in [-0.05, 0) is 17.7 Å². The molecule has 0 aliphatic carbocycles. The molecule has 2 rings (SSSR count). The van der Waals surface area contributed by atoms with Gasteiger partial charge in [0.15, 0.2) is 0 Å². The third kappa shape index (κ3) is 3.86. The Bertz CT molecular complexity index is 453. The fourth-order valence-corrected chi connectivity index (χ4v) is 1.97. The Morgan fingerprint density at radius 3 is 2.35 bits per heavy atom.